The fourth-order valence-corrected chi connectivity index (χ4v) is 3.61. The van der Waals surface area contributed by atoms with Crippen LogP contribution in [0.3, 0.4) is 0 Å². The lowest BCUT2D eigenvalue weighted by Gasteiger charge is -2.39. The van der Waals surface area contributed by atoms with Crippen LogP contribution in [0.15, 0.2) is 29.2 Å². The zero-order valence-corrected chi connectivity index (χ0v) is 14.0. The molecule has 3 heterocycles. The molecule has 0 spiro atoms. The van der Waals surface area contributed by atoms with Crippen LogP contribution in [0, 0.1) is 0 Å². The maximum Gasteiger partial charge on any atom is 0.265 e. The summed E-state index contributed by atoms with van der Waals surface area (Å²) in [5.74, 6) is -0.150. The van der Waals surface area contributed by atoms with Crippen molar-refractivity contribution in [2.45, 2.75) is 58.7 Å². The Morgan fingerprint density at radius 2 is 2.00 bits per heavy atom. The van der Waals surface area contributed by atoms with E-state index in [0.29, 0.717) is 12.2 Å². The van der Waals surface area contributed by atoms with Gasteiger partial charge < -0.3 is 4.90 Å². The normalized spacial score (nSPS) is 21.6. The lowest BCUT2D eigenvalue weighted by molar-refractivity contribution is 0.0508. The summed E-state index contributed by atoms with van der Waals surface area (Å²) in [6.07, 6.45) is 4.79. The van der Waals surface area contributed by atoms with E-state index in [1.54, 1.807) is 16.8 Å². The molecule has 3 rings (SSSR count). The smallest absolute Gasteiger partial charge is 0.265 e. The maximum atomic E-state index is 13.0. The summed E-state index contributed by atoms with van der Waals surface area (Å²) in [5.41, 5.74) is 0.651. The van der Waals surface area contributed by atoms with Crippen molar-refractivity contribution in [3.8, 4) is 0 Å². The second kappa shape index (κ2) is 6.14. The van der Waals surface area contributed by atoms with Gasteiger partial charge in [0.25, 0.3) is 11.5 Å². The van der Waals surface area contributed by atoms with Crippen LogP contribution >= 0.6 is 0 Å². The molecular weight excluding hydrogens is 290 g/mol. The molecule has 0 aliphatic carbocycles. The number of likely N-dealkylation sites (tertiary alicyclic amines) is 1. The second-order valence-corrected chi connectivity index (χ2v) is 6.37. The minimum absolute atomic E-state index is 0.150. The van der Waals surface area contributed by atoms with Gasteiger partial charge in [-0.2, -0.15) is 0 Å². The summed E-state index contributed by atoms with van der Waals surface area (Å²) >= 11 is 0. The summed E-state index contributed by atoms with van der Waals surface area (Å²) in [5, 5.41) is 0.828. The van der Waals surface area contributed by atoms with Crippen LogP contribution in [0.5, 0.6) is 0 Å². The van der Waals surface area contributed by atoms with E-state index in [1.807, 2.05) is 24.0 Å². The molecule has 1 fully saturated rings. The molecule has 5 heteroatoms. The van der Waals surface area contributed by atoms with Crippen LogP contribution < -0.4 is 5.56 Å². The molecule has 2 unspecified atom stereocenters. The van der Waals surface area contributed by atoms with Gasteiger partial charge in [-0.3, -0.25) is 14.2 Å². The minimum atomic E-state index is -0.242. The van der Waals surface area contributed by atoms with E-state index in [-0.39, 0.29) is 29.1 Å². The van der Waals surface area contributed by atoms with E-state index in [9.17, 15) is 9.59 Å². The number of rotatable bonds is 2. The molecule has 2 aromatic heterocycles. The number of carbonyl (C=O) groups is 1. The van der Waals surface area contributed by atoms with Gasteiger partial charge in [-0.1, -0.05) is 0 Å². The van der Waals surface area contributed by atoms with Gasteiger partial charge in [0.05, 0.1) is 0 Å². The predicted molar refractivity (Wildman–Crippen MR) is 90.6 cm³/mol. The van der Waals surface area contributed by atoms with Crippen molar-refractivity contribution >= 4 is 16.9 Å². The van der Waals surface area contributed by atoms with Crippen molar-refractivity contribution < 1.29 is 4.79 Å². The van der Waals surface area contributed by atoms with Crippen molar-refractivity contribution in [3.63, 3.8) is 0 Å². The molecule has 0 bridgehead atoms. The lowest BCUT2D eigenvalue weighted by Crippen LogP contribution is -2.49. The average molecular weight is 313 g/mol. The standard InChI is InChI=1S/C18H23N3O2/c1-4-20-16-14(9-6-10-19-16)11-15(17(20)22)18(23)21-12(2)7-5-8-13(21)3/h6,9-13H,4-5,7-8H2,1-3H3. The number of pyridine rings is 2. The summed E-state index contributed by atoms with van der Waals surface area (Å²) in [4.78, 5) is 32.0. The van der Waals surface area contributed by atoms with E-state index in [1.165, 1.54) is 0 Å². The largest absolute Gasteiger partial charge is 0.333 e. The van der Waals surface area contributed by atoms with Gasteiger partial charge in [-0.05, 0) is 58.2 Å². The molecule has 0 saturated carbocycles. The Balaban J connectivity index is 2.14. The zero-order chi connectivity index (χ0) is 16.6. The Morgan fingerprint density at radius 1 is 1.30 bits per heavy atom. The molecule has 2 aromatic rings. The molecule has 5 nitrogen and oxygen atoms in total. The number of carbonyl (C=O) groups excluding carboxylic acids is 1. The molecule has 1 saturated heterocycles. The van der Waals surface area contributed by atoms with Crippen LogP contribution in [-0.2, 0) is 6.54 Å². The first-order valence-corrected chi connectivity index (χ1v) is 8.35. The van der Waals surface area contributed by atoms with Crippen molar-refractivity contribution in [2.75, 3.05) is 0 Å². The minimum Gasteiger partial charge on any atom is -0.333 e. The van der Waals surface area contributed by atoms with Crippen molar-refractivity contribution in [2.24, 2.45) is 0 Å². The maximum absolute atomic E-state index is 13.0. The number of hydrogen-bond acceptors (Lipinski definition) is 3. The van der Waals surface area contributed by atoms with E-state index in [2.05, 4.69) is 18.8 Å². The van der Waals surface area contributed by atoms with Crippen LogP contribution in [0.2, 0.25) is 0 Å². The van der Waals surface area contributed by atoms with Crippen molar-refractivity contribution in [1.29, 1.82) is 0 Å². The summed E-state index contributed by atoms with van der Waals surface area (Å²) < 4.78 is 1.59. The number of aryl methyl sites for hydroxylation is 1. The molecule has 0 aromatic carbocycles. The number of amides is 1. The number of nitrogens with zero attached hydrogens (tertiary/aromatic N) is 3. The molecule has 23 heavy (non-hydrogen) atoms. The van der Waals surface area contributed by atoms with Crippen LogP contribution in [-0.4, -0.2) is 32.4 Å². The quantitative estimate of drug-likeness (QED) is 0.856. The summed E-state index contributed by atoms with van der Waals surface area (Å²) in [6, 6.07) is 5.77. The number of aromatic nitrogens is 2. The highest BCUT2D eigenvalue weighted by Crippen LogP contribution is 2.24. The van der Waals surface area contributed by atoms with Gasteiger partial charge in [-0.15, -0.1) is 0 Å². The Hall–Kier alpha value is -2.17. The Labute approximate surface area is 135 Å². The van der Waals surface area contributed by atoms with Gasteiger partial charge >= 0.3 is 0 Å². The molecule has 2 atom stereocenters. The predicted octanol–water partition coefficient (Wildman–Crippen LogP) is 2.82. The first-order valence-electron chi connectivity index (χ1n) is 8.35. The third-order valence-corrected chi connectivity index (χ3v) is 4.82. The fourth-order valence-electron chi connectivity index (χ4n) is 3.61. The van der Waals surface area contributed by atoms with Gasteiger partial charge in [-0.25, -0.2) is 4.98 Å². The topological polar surface area (TPSA) is 55.2 Å². The van der Waals surface area contributed by atoms with Crippen LogP contribution in [0.4, 0.5) is 0 Å². The molecule has 1 aliphatic heterocycles. The Morgan fingerprint density at radius 3 is 2.65 bits per heavy atom. The number of fused-ring (bicyclic) bond motifs is 1. The van der Waals surface area contributed by atoms with Gasteiger partial charge in [0.1, 0.15) is 11.2 Å². The number of hydrogen-bond donors (Lipinski definition) is 0. The van der Waals surface area contributed by atoms with Crippen LogP contribution in [0.1, 0.15) is 50.4 Å². The van der Waals surface area contributed by atoms with Gasteiger partial charge in [0.2, 0.25) is 0 Å². The van der Waals surface area contributed by atoms with E-state index in [0.717, 1.165) is 24.6 Å². The third-order valence-electron chi connectivity index (χ3n) is 4.82. The molecule has 1 amide bonds. The first kappa shape index (κ1) is 15.7. The SMILES string of the molecule is CCn1c(=O)c(C(=O)N2C(C)CCCC2C)cc2cccnc21. The zero-order valence-electron chi connectivity index (χ0n) is 14.0. The van der Waals surface area contributed by atoms with E-state index >= 15 is 0 Å². The fraction of sp³-hybridized carbons (Fsp3) is 0.500. The first-order chi connectivity index (χ1) is 11.0. The molecule has 122 valence electrons. The molecular formula is C18H23N3O2. The lowest BCUT2D eigenvalue weighted by atomic mass is 9.96. The van der Waals surface area contributed by atoms with E-state index < -0.39 is 0 Å². The summed E-state index contributed by atoms with van der Waals surface area (Å²) in [7, 11) is 0. The molecule has 1 aliphatic rings. The van der Waals surface area contributed by atoms with Crippen molar-refractivity contribution in [1.82, 2.24) is 14.5 Å². The van der Waals surface area contributed by atoms with Crippen molar-refractivity contribution in [3.05, 3.63) is 40.3 Å². The third kappa shape index (κ3) is 2.64. The van der Waals surface area contributed by atoms with E-state index in [4.69, 9.17) is 0 Å². The Bertz CT molecular complexity index is 786. The average Bonchev–Trinajstić information content (AvgIpc) is 2.54. The Kier molecular flexibility index (Phi) is 4.20. The highest BCUT2D eigenvalue weighted by molar-refractivity contribution is 5.97. The highest BCUT2D eigenvalue weighted by atomic mass is 16.2. The van der Waals surface area contributed by atoms with Gasteiger partial charge in [0, 0.05) is 30.2 Å². The molecule has 0 N–H and O–H groups in total. The highest BCUT2D eigenvalue weighted by Gasteiger charge is 2.31. The number of piperidine rings is 1. The summed E-state index contributed by atoms with van der Waals surface area (Å²) in [6.45, 7) is 6.53. The second-order valence-electron chi connectivity index (χ2n) is 6.37. The molecule has 0 radical (unpaired) electrons. The van der Waals surface area contributed by atoms with Crippen LogP contribution in [0.25, 0.3) is 11.0 Å². The monoisotopic (exact) mass is 313 g/mol. The van der Waals surface area contributed by atoms with Gasteiger partial charge in [0.15, 0.2) is 0 Å².